The number of hydrogen-bond donors (Lipinski definition) is 0. The Balaban J connectivity index is 1.95. The lowest BCUT2D eigenvalue weighted by atomic mass is 10.1. The highest BCUT2D eigenvalue weighted by atomic mass is 35.5. The molecule has 1 amide bonds. The van der Waals surface area contributed by atoms with Crippen molar-refractivity contribution in [3.05, 3.63) is 58.6 Å². The summed E-state index contributed by atoms with van der Waals surface area (Å²) in [6, 6.07) is 14.5. The normalized spacial score (nSPS) is 13.3. The fourth-order valence-corrected chi connectivity index (χ4v) is 2.48. The fraction of sp³-hybridized carbons (Fsp3) is 0.125. The molecule has 0 aliphatic carbocycles. The van der Waals surface area contributed by atoms with E-state index in [4.69, 9.17) is 21.6 Å². The van der Waals surface area contributed by atoms with Crippen molar-refractivity contribution in [3.63, 3.8) is 0 Å². The van der Waals surface area contributed by atoms with E-state index in [0.717, 1.165) is 11.3 Å². The molecule has 2 aromatic rings. The molecule has 1 heterocycles. The van der Waals surface area contributed by atoms with Gasteiger partial charge in [-0.25, -0.2) is 0 Å². The van der Waals surface area contributed by atoms with Crippen molar-refractivity contribution in [2.24, 2.45) is 0 Å². The number of carbonyl (C=O) groups excluding carboxylic acids is 1. The van der Waals surface area contributed by atoms with Crippen LogP contribution < -0.4 is 9.64 Å². The Kier molecular flexibility index (Phi) is 3.51. The van der Waals surface area contributed by atoms with Crippen molar-refractivity contribution < 1.29 is 9.53 Å². The van der Waals surface area contributed by atoms with Crippen molar-refractivity contribution >= 4 is 23.2 Å². The first-order valence-electron chi connectivity index (χ1n) is 6.40. The molecule has 0 aromatic heterocycles. The molecule has 3 rings (SSSR count). The monoisotopic (exact) mass is 298 g/mol. The second-order valence-electron chi connectivity index (χ2n) is 4.65. The van der Waals surface area contributed by atoms with Gasteiger partial charge in [-0.05, 0) is 29.8 Å². The number of nitriles is 1. The average Bonchev–Trinajstić information content (AvgIpc) is 2.51. The Bertz CT molecular complexity index is 752. The molecule has 2 aromatic carbocycles. The standard InChI is InChI=1S/C16H11ClN2O2/c17-13-7-11(8-18)5-6-12(13)9-19-14-3-1-2-4-15(14)21-10-16(19)20/h1-7H,9-10H2. The molecule has 5 heteroatoms. The van der Waals surface area contributed by atoms with Crippen LogP contribution >= 0.6 is 11.6 Å². The van der Waals surface area contributed by atoms with E-state index in [2.05, 4.69) is 0 Å². The van der Waals surface area contributed by atoms with Gasteiger partial charge in [0.25, 0.3) is 5.91 Å². The van der Waals surface area contributed by atoms with E-state index in [1.54, 1.807) is 23.1 Å². The molecule has 0 N–H and O–H groups in total. The second-order valence-corrected chi connectivity index (χ2v) is 5.06. The van der Waals surface area contributed by atoms with E-state index in [1.807, 2.05) is 30.3 Å². The quantitative estimate of drug-likeness (QED) is 0.856. The SMILES string of the molecule is N#Cc1ccc(CN2C(=O)COc3ccccc32)c(Cl)c1. The molecule has 104 valence electrons. The van der Waals surface area contributed by atoms with Crippen molar-refractivity contribution in [2.45, 2.75) is 6.54 Å². The summed E-state index contributed by atoms with van der Waals surface area (Å²) in [5, 5.41) is 9.33. The zero-order valence-corrected chi connectivity index (χ0v) is 11.8. The van der Waals surface area contributed by atoms with Crippen molar-refractivity contribution in [2.75, 3.05) is 11.5 Å². The molecule has 21 heavy (non-hydrogen) atoms. The third-order valence-electron chi connectivity index (χ3n) is 3.32. The Morgan fingerprint density at radius 1 is 1.29 bits per heavy atom. The minimum absolute atomic E-state index is 0.0188. The number of nitrogens with zero attached hydrogens (tertiary/aromatic N) is 2. The summed E-state index contributed by atoms with van der Waals surface area (Å²) in [5.74, 6) is 0.566. The zero-order chi connectivity index (χ0) is 14.8. The van der Waals surface area contributed by atoms with E-state index in [1.165, 1.54) is 0 Å². The minimum atomic E-state index is -0.117. The number of ether oxygens (including phenoxy) is 1. The van der Waals surface area contributed by atoms with Crippen LogP contribution in [0.2, 0.25) is 5.02 Å². The fourth-order valence-electron chi connectivity index (χ4n) is 2.24. The number of hydrogen-bond acceptors (Lipinski definition) is 3. The first kappa shape index (κ1) is 13.5. The summed E-state index contributed by atoms with van der Waals surface area (Å²) < 4.78 is 5.40. The van der Waals surface area contributed by atoms with Crippen LogP contribution in [0.15, 0.2) is 42.5 Å². The molecule has 0 saturated carbocycles. The minimum Gasteiger partial charge on any atom is -0.482 e. The maximum Gasteiger partial charge on any atom is 0.265 e. The van der Waals surface area contributed by atoms with Gasteiger partial charge in [0.1, 0.15) is 5.75 Å². The van der Waals surface area contributed by atoms with Gasteiger partial charge in [-0.15, -0.1) is 0 Å². The van der Waals surface area contributed by atoms with Gasteiger partial charge in [0.2, 0.25) is 0 Å². The molecule has 0 saturated heterocycles. The van der Waals surface area contributed by atoms with Crippen LogP contribution in [-0.4, -0.2) is 12.5 Å². The van der Waals surface area contributed by atoms with Crippen molar-refractivity contribution in [1.29, 1.82) is 5.26 Å². The second kappa shape index (κ2) is 5.47. The summed E-state index contributed by atoms with van der Waals surface area (Å²) in [6.45, 7) is 0.370. The average molecular weight is 299 g/mol. The van der Waals surface area contributed by atoms with Crippen LogP contribution in [0.4, 0.5) is 5.69 Å². The molecule has 1 aliphatic heterocycles. The largest absolute Gasteiger partial charge is 0.482 e. The van der Waals surface area contributed by atoms with Crippen LogP contribution in [0.1, 0.15) is 11.1 Å². The van der Waals surface area contributed by atoms with Gasteiger partial charge in [-0.3, -0.25) is 4.79 Å². The third-order valence-corrected chi connectivity index (χ3v) is 3.67. The van der Waals surface area contributed by atoms with E-state index >= 15 is 0 Å². The zero-order valence-electron chi connectivity index (χ0n) is 11.0. The Labute approximate surface area is 127 Å². The predicted octanol–water partition coefficient (Wildman–Crippen LogP) is 3.14. The number of amides is 1. The van der Waals surface area contributed by atoms with Gasteiger partial charge in [-0.1, -0.05) is 29.8 Å². The van der Waals surface area contributed by atoms with E-state index in [-0.39, 0.29) is 12.5 Å². The molecule has 0 bridgehead atoms. The molecule has 0 spiro atoms. The van der Waals surface area contributed by atoms with Crippen LogP contribution in [0, 0.1) is 11.3 Å². The van der Waals surface area contributed by atoms with Gasteiger partial charge >= 0.3 is 0 Å². The van der Waals surface area contributed by atoms with Gasteiger partial charge in [0.15, 0.2) is 6.61 Å². The van der Waals surface area contributed by atoms with Gasteiger partial charge in [-0.2, -0.15) is 5.26 Å². The lowest BCUT2D eigenvalue weighted by Gasteiger charge is -2.29. The number of halogens is 1. The van der Waals surface area contributed by atoms with Gasteiger partial charge in [0.05, 0.1) is 23.9 Å². The topological polar surface area (TPSA) is 53.3 Å². The van der Waals surface area contributed by atoms with Crippen LogP contribution in [0.25, 0.3) is 0 Å². The molecular weight excluding hydrogens is 288 g/mol. The number of benzene rings is 2. The highest BCUT2D eigenvalue weighted by molar-refractivity contribution is 6.31. The number of fused-ring (bicyclic) bond motifs is 1. The first-order chi connectivity index (χ1) is 10.2. The van der Waals surface area contributed by atoms with E-state index in [0.29, 0.717) is 22.9 Å². The predicted molar refractivity (Wildman–Crippen MR) is 79.3 cm³/mol. The molecule has 0 unspecified atom stereocenters. The Hall–Kier alpha value is -2.51. The molecule has 0 fully saturated rings. The van der Waals surface area contributed by atoms with Gasteiger partial charge < -0.3 is 9.64 Å². The van der Waals surface area contributed by atoms with E-state index < -0.39 is 0 Å². The molecule has 0 atom stereocenters. The number of para-hydroxylation sites is 2. The van der Waals surface area contributed by atoms with Gasteiger partial charge in [0, 0.05) is 5.02 Å². The highest BCUT2D eigenvalue weighted by Gasteiger charge is 2.25. The number of rotatable bonds is 2. The third kappa shape index (κ3) is 2.56. The maximum atomic E-state index is 12.1. The summed E-state index contributed by atoms with van der Waals surface area (Å²) in [7, 11) is 0. The maximum absolute atomic E-state index is 12.1. The highest BCUT2D eigenvalue weighted by Crippen LogP contribution is 2.33. The Morgan fingerprint density at radius 2 is 2.10 bits per heavy atom. The summed E-state index contributed by atoms with van der Waals surface area (Å²) in [4.78, 5) is 13.7. The van der Waals surface area contributed by atoms with Crippen molar-refractivity contribution in [3.8, 4) is 11.8 Å². The van der Waals surface area contributed by atoms with E-state index in [9.17, 15) is 4.79 Å². The molecule has 0 radical (unpaired) electrons. The summed E-state index contributed by atoms with van der Waals surface area (Å²) in [6.07, 6.45) is 0. The van der Waals surface area contributed by atoms with Crippen LogP contribution in [0.5, 0.6) is 5.75 Å². The summed E-state index contributed by atoms with van der Waals surface area (Å²) >= 11 is 6.18. The van der Waals surface area contributed by atoms with Crippen LogP contribution in [-0.2, 0) is 11.3 Å². The van der Waals surface area contributed by atoms with Crippen LogP contribution in [0.3, 0.4) is 0 Å². The smallest absolute Gasteiger partial charge is 0.265 e. The number of anilines is 1. The molecular formula is C16H11ClN2O2. The lowest BCUT2D eigenvalue weighted by molar-refractivity contribution is -0.121. The molecule has 1 aliphatic rings. The molecule has 4 nitrogen and oxygen atoms in total. The van der Waals surface area contributed by atoms with Crippen molar-refractivity contribution in [1.82, 2.24) is 0 Å². The number of carbonyl (C=O) groups is 1. The lowest BCUT2D eigenvalue weighted by Crippen LogP contribution is -2.38. The first-order valence-corrected chi connectivity index (χ1v) is 6.77. The Morgan fingerprint density at radius 3 is 2.86 bits per heavy atom. The summed E-state index contributed by atoms with van der Waals surface area (Å²) in [5.41, 5.74) is 2.02.